The molecule has 3 aromatic rings. The Morgan fingerprint density at radius 1 is 1.15 bits per heavy atom. The predicted octanol–water partition coefficient (Wildman–Crippen LogP) is 4.32. The van der Waals surface area contributed by atoms with Crippen LogP contribution in [0, 0.1) is 0 Å². The fraction of sp³-hybridized carbons (Fsp3) is 0.200. The fourth-order valence-corrected chi connectivity index (χ4v) is 2.72. The van der Waals surface area contributed by atoms with Gasteiger partial charge >= 0.3 is 0 Å². The molecular weight excluding hydrogens is 348 g/mol. The Morgan fingerprint density at radius 2 is 1.96 bits per heavy atom. The molecule has 0 aliphatic rings. The van der Waals surface area contributed by atoms with Gasteiger partial charge < -0.3 is 16.2 Å². The summed E-state index contributed by atoms with van der Waals surface area (Å²) < 4.78 is 0. The lowest BCUT2D eigenvalue weighted by Crippen LogP contribution is -2.28. The van der Waals surface area contributed by atoms with E-state index in [1.807, 2.05) is 43.3 Å². The lowest BCUT2D eigenvalue weighted by Gasteiger charge is -2.12. The van der Waals surface area contributed by atoms with Crippen LogP contribution in [0.2, 0.25) is 5.02 Å². The van der Waals surface area contributed by atoms with Gasteiger partial charge in [0.25, 0.3) is 0 Å². The minimum atomic E-state index is 0.0629. The minimum absolute atomic E-state index is 0.0629. The summed E-state index contributed by atoms with van der Waals surface area (Å²) in [5, 5.41) is 14.2. The second-order valence-electron chi connectivity index (χ2n) is 6.06. The molecule has 0 aliphatic carbocycles. The molecule has 4 N–H and O–H groups in total. The quantitative estimate of drug-likeness (QED) is 0.603. The van der Waals surface area contributed by atoms with Crippen LogP contribution in [0.4, 0.5) is 5.82 Å². The van der Waals surface area contributed by atoms with Gasteiger partial charge in [0.15, 0.2) is 5.82 Å². The van der Waals surface area contributed by atoms with E-state index >= 15 is 0 Å². The van der Waals surface area contributed by atoms with Crippen molar-refractivity contribution in [3.8, 4) is 28.3 Å². The van der Waals surface area contributed by atoms with E-state index in [1.165, 1.54) is 0 Å². The van der Waals surface area contributed by atoms with Crippen LogP contribution in [-0.4, -0.2) is 27.7 Å². The van der Waals surface area contributed by atoms with Crippen molar-refractivity contribution in [2.24, 2.45) is 5.73 Å². The highest BCUT2D eigenvalue weighted by Gasteiger charge is 2.11. The van der Waals surface area contributed by atoms with Gasteiger partial charge in [0.2, 0.25) is 0 Å². The van der Waals surface area contributed by atoms with E-state index in [1.54, 1.807) is 18.3 Å². The van der Waals surface area contributed by atoms with Crippen LogP contribution < -0.4 is 11.1 Å². The standard InChI is InChI=1S/C20H21ClN4O/c1-2-16(22)12-24-19-8-9-23-20(25-19)17-11-14(6-7-18(17)26)13-4-3-5-15(21)10-13/h3-11,16,26H,2,12,22H2,1H3,(H,23,24,25)/t16-/m0/s1. The molecule has 0 radical (unpaired) electrons. The van der Waals surface area contributed by atoms with E-state index in [4.69, 9.17) is 17.3 Å². The Hall–Kier alpha value is -2.63. The van der Waals surface area contributed by atoms with Crippen LogP contribution in [0.25, 0.3) is 22.5 Å². The number of nitrogens with two attached hydrogens (primary N) is 1. The second kappa shape index (κ2) is 8.17. The topological polar surface area (TPSA) is 84.1 Å². The molecule has 0 saturated heterocycles. The number of aromatic hydroxyl groups is 1. The first-order chi connectivity index (χ1) is 12.6. The molecule has 134 valence electrons. The lowest BCUT2D eigenvalue weighted by molar-refractivity contribution is 0.477. The molecule has 2 aromatic carbocycles. The SMILES string of the molecule is CC[C@H](N)CNc1ccnc(-c2cc(-c3cccc(Cl)c3)ccc2O)n1. The summed E-state index contributed by atoms with van der Waals surface area (Å²) in [4.78, 5) is 8.80. The van der Waals surface area contributed by atoms with Crippen molar-refractivity contribution in [1.29, 1.82) is 0 Å². The third kappa shape index (κ3) is 4.31. The van der Waals surface area contributed by atoms with Gasteiger partial charge in [-0.15, -0.1) is 0 Å². The number of nitrogens with one attached hydrogen (secondary N) is 1. The number of phenolic OH excluding ortho intramolecular Hbond substituents is 1. The van der Waals surface area contributed by atoms with Gasteiger partial charge in [-0.25, -0.2) is 9.97 Å². The van der Waals surface area contributed by atoms with Gasteiger partial charge in [-0.05, 0) is 47.9 Å². The number of hydrogen-bond donors (Lipinski definition) is 3. The molecule has 0 fully saturated rings. The molecule has 0 saturated carbocycles. The van der Waals surface area contributed by atoms with Gasteiger partial charge in [0, 0.05) is 23.8 Å². The number of benzene rings is 2. The molecule has 0 spiro atoms. The van der Waals surface area contributed by atoms with Crippen molar-refractivity contribution in [2.75, 3.05) is 11.9 Å². The van der Waals surface area contributed by atoms with Crippen LogP contribution in [0.3, 0.4) is 0 Å². The maximum Gasteiger partial charge on any atom is 0.165 e. The normalized spacial score (nSPS) is 12.0. The summed E-state index contributed by atoms with van der Waals surface area (Å²) in [6.45, 7) is 2.67. The summed E-state index contributed by atoms with van der Waals surface area (Å²) in [5.74, 6) is 1.24. The van der Waals surface area contributed by atoms with E-state index in [-0.39, 0.29) is 11.8 Å². The Bertz CT molecular complexity index is 900. The highest BCUT2D eigenvalue weighted by molar-refractivity contribution is 6.30. The second-order valence-corrected chi connectivity index (χ2v) is 6.49. The van der Waals surface area contributed by atoms with Crippen LogP contribution >= 0.6 is 11.6 Å². The van der Waals surface area contributed by atoms with E-state index in [9.17, 15) is 5.11 Å². The lowest BCUT2D eigenvalue weighted by atomic mass is 10.0. The zero-order chi connectivity index (χ0) is 18.5. The summed E-state index contributed by atoms with van der Waals surface area (Å²) in [5.41, 5.74) is 8.38. The molecule has 3 rings (SSSR count). The van der Waals surface area contributed by atoms with Crippen LogP contribution in [0.1, 0.15) is 13.3 Å². The van der Waals surface area contributed by atoms with Crippen molar-refractivity contribution in [3.63, 3.8) is 0 Å². The zero-order valence-electron chi connectivity index (χ0n) is 14.5. The van der Waals surface area contributed by atoms with Crippen molar-refractivity contribution >= 4 is 17.4 Å². The summed E-state index contributed by atoms with van der Waals surface area (Å²) >= 11 is 6.08. The first-order valence-electron chi connectivity index (χ1n) is 8.48. The fourth-order valence-electron chi connectivity index (χ4n) is 2.53. The van der Waals surface area contributed by atoms with Gasteiger partial charge in [0.1, 0.15) is 11.6 Å². The molecule has 1 atom stereocenters. The molecule has 5 nitrogen and oxygen atoms in total. The van der Waals surface area contributed by atoms with Gasteiger partial charge in [-0.1, -0.05) is 36.7 Å². The third-order valence-electron chi connectivity index (χ3n) is 4.12. The van der Waals surface area contributed by atoms with Crippen LogP contribution in [-0.2, 0) is 0 Å². The molecule has 0 bridgehead atoms. The molecule has 1 aromatic heterocycles. The number of nitrogens with zero attached hydrogens (tertiary/aromatic N) is 2. The van der Waals surface area contributed by atoms with Crippen LogP contribution in [0.5, 0.6) is 5.75 Å². The number of rotatable bonds is 6. The van der Waals surface area contributed by atoms with Crippen LogP contribution in [0.15, 0.2) is 54.7 Å². The van der Waals surface area contributed by atoms with Crippen molar-refractivity contribution in [1.82, 2.24) is 9.97 Å². The molecular formula is C20H21ClN4O. The number of anilines is 1. The molecule has 6 heteroatoms. The number of phenols is 1. The Labute approximate surface area is 157 Å². The van der Waals surface area contributed by atoms with Gasteiger partial charge in [-0.3, -0.25) is 0 Å². The first kappa shape index (κ1) is 18.2. The Morgan fingerprint density at radius 3 is 2.73 bits per heavy atom. The van der Waals surface area contributed by atoms with Crippen molar-refractivity contribution in [3.05, 3.63) is 59.8 Å². The van der Waals surface area contributed by atoms with Gasteiger partial charge in [0.05, 0.1) is 5.56 Å². The molecule has 0 aliphatic heterocycles. The molecule has 0 unspecified atom stereocenters. The summed E-state index contributed by atoms with van der Waals surface area (Å²) in [6.07, 6.45) is 2.54. The Kier molecular flexibility index (Phi) is 5.71. The number of halogens is 1. The summed E-state index contributed by atoms with van der Waals surface area (Å²) in [6, 6.07) is 14.7. The number of hydrogen-bond acceptors (Lipinski definition) is 5. The smallest absolute Gasteiger partial charge is 0.165 e. The molecule has 26 heavy (non-hydrogen) atoms. The Balaban J connectivity index is 1.92. The zero-order valence-corrected chi connectivity index (χ0v) is 15.2. The molecule has 1 heterocycles. The third-order valence-corrected chi connectivity index (χ3v) is 4.36. The van der Waals surface area contributed by atoms with E-state index in [0.717, 1.165) is 17.5 Å². The molecule has 0 amide bonds. The maximum absolute atomic E-state index is 10.3. The highest BCUT2D eigenvalue weighted by Crippen LogP contribution is 2.32. The minimum Gasteiger partial charge on any atom is -0.507 e. The average Bonchev–Trinajstić information content (AvgIpc) is 2.66. The van der Waals surface area contributed by atoms with Crippen molar-refractivity contribution < 1.29 is 5.11 Å². The highest BCUT2D eigenvalue weighted by atomic mass is 35.5. The van der Waals surface area contributed by atoms with Crippen molar-refractivity contribution in [2.45, 2.75) is 19.4 Å². The van der Waals surface area contributed by atoms with E-state index in [2.05, 4.69) is 15.3 Å². The van der Waals surface area contributed by atoms with Gasteiger partial charge in [-0.2, -0.15) is 0 Å². The van der Waals surface area contributed by atoms with E-state index < -0.39 is 0 Å². The maximum atomic E-state index is 10.3. The first-order valence-corrected chi connectivity index (χ1v) is 8.86. The van der Waals surface area contributed by atoms with E-state index in [0.29, 0.717) is 28.8 Å². The monoisotopic (exact) mass is 368 g/mol. The largest absolute Gasteiger partial charge is 0.507 e. The number of aromatic nitrogens is 2. The summed E-state index contributed by atoms with van der Waals surface area (Å²) in [7, 11) is 0. The predicted molar refractivity (Wildman–Crippen MR) is 106 cm³/mol. The average molecular weight is 369 g/mol.